The number of Topliss-reactive ketones (excluding diaryl/α,β-unsaturated/α-hetero) is 1. The van der Waals surface area contributed by atoms with E-state index in [-0.39, 0.29) is 23.3 Å². The lowest BCUT2D eigenvalue weighted by molar-refractivity contribution is 0.0987. The molecule has 2 fully saturated rings. The summed E-state index contributed by atoms with van der Waals surface area (Å²) in [7, 11) is -3.58. The van der Waals surface area contributed by atoms with E-state index in [1.807, 2.05) is 0 Å². The van der Waals surface area contributed by atoms with Crippen LogP contribution in [0.25, 0.3) is 0 Å². The van der Waals surface area contributed by atoms with E-state index in [1.54, 1.807) is 22.5 Å². The summed E-state index contributed by atoms with van der Waals surface area (Å²) in [6.07, 6.45) is 4.34. The van der Waals surface area contributed by atoms with Gasteiger partial charge in [-0.15, -0.1) is 0 Å². The fourth-order valence-corrected chi connectivity index (χ4v) is 6.71. The number of nitrogens with one attached hydrogen (secondary N) is 1. The molecule has 0 radical (unpaired) electrons. The Morgan fingerprint density at radius 1 is 1.06 bits per heavy atom. The average molecular weight is 484 g/mol. The normalized spacial score (nSPS) is 20.9. The number of carbonyl (C=O) groups is 1. The molecule has 2 unspecified atom stereocenters. The van der Waals surface area contributed by atoms with Crippen molar-refractivity contribution in [1.29, 1.82) is 0 Å². The number of carbonyl (C=O) groups excluding carboxylic acids is 1. The minimum absolute atomic E-state index is 0.0897. The number of nitrogens with zero attached hydrogens (tertiary/aromatic N) is 2. The van der Waals surface area contributed by atoms with Gasteiger partial charge in [-0.2, -0.15) is 4.31 Å². The lowest BCUT2D eigenvalue weighted by Crippen LogP contribution is -2.39. The lowest BCUT2D eigenvalue weighted by Gasteiger charge is -2.30. The maximum atomic E-state index is 13.1. The number of aryl methyl sites for hydroxylation is 1. The van der Waals surface area contributed by atoms with Crippen molar-refractivity contribution in [2.45, 2.75) is 50.5 Å². The van der Waals surface area contributed by atoms with Gasteiger partial charge in [0.1, 0.15) is 0 Å². The van der Waals surface area contributed by atoms with Crippen LogP contribution in [0.15, 0.2) is 53.4 Å². The van der Waals surface area contributed by atoms with E-state index in [4.69, 9.17) is 0 Å². The van der Waals surface area contributed by atoms with Gasteiger partial charge in [0.05, 0.1) is 11.4 Å². The fourth-order valence-electron chi connectivity index (χ4n) is 5.07. The van der Waals surface area contributed by atoms with Crippen molar-refractivity contribution in [3.8, 4) is 0 Å². The highest BCUT2D eigenvalue weighted by Gasteiger charge is 2.29. The Bertz CT molecular complexity index is 1080. The maximum absolute atomic E-state index is 13.1. The molecule has 184 valence electrons. The van der Waals surface area contributed by atoms with E-state index >= 15 is 0 Å². The first kappa shape index (κ1) is 25.0. The van der Waals surface area contributed by atoms with Gasteiger partial charge < -0.3 is 5.32 Å². The highest BCUT2D eigenvalue weighted by Crippen LogP contribution is 2.26. The smallest absolute Gasteiger partial charge is 0.243 e. The second-order valence-electron chi connectivity index (χ2n) is 9.86. The summed E-state index contributed by atoms with van der Waals surface area (Å²) in [6.45, 7) is 8.26. The van der Waals surface area contributed by atoms with Crippen LogP contribution in [-0.4, -0.2) is 62.7 Å². The fraction of sp³-hybridized carbons (Fsp3) is 0.519. The van der Waals surface area contributed by atoms with Crippen LogP contribution in [0.4, 0.5) is 0 Å². The molecule has 0 spiro atoms. The first-order valence-electron chi connectivity index (χ1n) is 12.5. The molecule has 4 rings (SSSR count). The van der Waals surface area contributed by atoms with Crippen LogP contribution in [0, 0.1) is 12.8 Å². The van der Waals surface area contributed by atoms with Crippen molar-refractivity contribution < 1.29 is 13.2 Å². The van der Waals surface area contributed by atoms with Crippen molar-refractivity contribution in [2.75, 3.05) is 39.3 Å². The Hall–Kier alpha value is -2.06. The molecule has 0 bridgehead atoms. The predicted molar refractivity (Wildman–Crippen MR) is 136 cm³/mol. The van der Waals surface area contributed by atoms with E-state index in [2.05, 4.69) is 48.3 Å². The highest BCUT2D eigenvalue weighted by atomic mass is 32.2. The number of rotatable bonds is 9. The van der Waals surface area contributed by atoms with Gasteiger partial charge in [-0.1, -0.05) is 48.9 Å². The van der Waals surface area contributed by atoms with Gasteiger partial charge in [0.25, 0.3) is 0 Å². The molecule has 0 saturated carbocycles. The van der Waals surface area contributed by atoms with Gasteiger partial charge in [0, 0.05) is 31.2 Å². The van der Waals surface area contributed by atoms with Crippen molar-refractivity contribution in [2.24, 2.45) is 5.92 Å². The molecule has 0 amide bonds. The quantitative estimate of drug-likeness (QED) is 0.546. The summed E-state index contributed by atoms with van der Waals surface area (Å²) in [5.74, 6) is 0.266. The highest BCUT2D eigenvalue weighted by molar-refractivity contribution is 7.89. The third kappa shape index (κ3) is 5.95. The van der Waals surface area contributed by atoms with Crippen LogP contribution < -0.4 is 5.32 Å². The minimum atomic E-state index is -3.58. The summed E-state index contributed by atoms with van der Waals surface area (Å²) < 4.78 is 27.8. The molecule has 1 N–H and O–H groups in total. The van der Waals surface area contributed by atoms with E-state index < -0.39 is 10.0 Å². The molecule has 2 atom stereocenters. The maximum Gasteiger partial charge on any atom is 0.243 e. The van der Waals surface area contributed by atoms with Crippen LogP contribution in [0.2, 0.25) is 0 Å². The number of piperidine rings is 1. The molecule has 2 aliphatic rings. The van der Waals surface area contributed by atoms with Gasteiger partial charge in [-0.3, -0.25) is 9.69 Å². The summed E-state index contributed by atoms with van der Waals surface area (Å²) in [5, 5.41) is 3.35. The molecule has 34 heavy (non-hydrogen) atoms. The lowest BCUT2D eigenvalue weighted by atomic mass is 10.0. The van der Waals surface area contributed by atoms with Gasteiger partial charge >= 0.3 is 0 Å². The number of benzene rings is 2. The molecule has 6 nitrogen and oxygen atoms in total. The van der Waals surface area contributed by atoms with Gasteiger partial charge in [-0.05, 0) is 69.3 Å². The van der Waals surface area contributed by atoms with Crippen molar-refractivity contribution in [1.82, 2.24) is 14.5 Å². The third-order valence-corrected chi connectivity index (χ3v) is 8.94. The summed E-state index contributed by atoms with van der Waals surface area (Å²) in [6, 6.07) is 15.4. The Balaban J connectivity index is 1.41. The zero-order chi connectivity index (χ0) is 24.1. The molecular weight excluding hydrogens is 446 g/mol. The van der Waals surface area contributed by atoms with Crippen LogP contribution in [-0.2, 0) is 10.0 Å². The second-order valence-corrected chi connectivity index (χ2v) is 11.8. The number of likely N-dealkylation sites (tertiary alicyclic amines) is 1. The first-order chi connectivity index (χ1) is 16.3. The SMILES string of the molecule is Cc1ccc(C(CNCC(=O)c2cccc(S(=O)(=O)N3CCCC(C)C3)c2)N2CCCC2)cc1. The zero-order valence-electron chi connectivity index (χ0n) is 20.4. The topological polar surface area (TPSA) is 69.7 Å². The third-order valence-electron chi connectivity index (χ3n) is 7.08. The molecule has 0 aliphatic carbocycles. The van der Waals surface area contributed by atoms with E-state index in [1.165, 1.54) is 30.0 Å². The summed E-state index contributed by atoms with van der Waals surface area (Å²) >= 11 is 0. The number of hydrogen-bond donors (Lipinski definition) is 1. The van der Waals surface area contributed by atoms with Crippen LogP contribution >= 0.6 is 0 Å². The van der Waals surface area contributed by atoms with Gasteiger partial charge in [0.15, 0.2) is 5.78 Å². The Morgan fingerprint density at radius 2 is 1.79 bits per heavy atom. The van der Waals surface area contributed by atoms with E-state index in [0.717, 1.165) is 25.9 Å². The summed E-state index contributed by atoms with van der Waals surface area (Å²) in [4.78, 5) is 15.6. The van der Waals surface area contributed by atoms with Gasteiger partial charge in [0.2, 0.25) is 10.0 Å². The molecule has 2 aromatic rings. The standard InChI is InChI=1S/C27H37N3O3S/c1-21-10-12-23(13-11-21)26(29-14-3-4-15-29)18-28-19-27(31)24-8-5-9-25(17-24)34(32,33)30-16-6-7-22(2)20-30/h5,8-13,17,22,26,28H,3-4,6-7,14-16,18-20H2,1-2H3. The van der Waals surface area contributed by atoms with E-state index in [9.17, 15) is 13.2 Å². The Labute approximate surface area is 204 Å². The summed E-state index contributed by atoms with van der Waals surface area (Å²) in [5.41, 5.74) is 2.93. The van der Waals surface area contributed by atoms with Crippen LogP contribution in [0.1, 0.15) is 60.1 Å². The van der Waals surface area contributed by atoms with Crippen LogP contribution in [0.3, 0.4) is 0 Å². The molecule has 7 heteroatoms. The predicted octanol–water partition coefficient (Wildman–Crippen LogP) is 4.03. The Morgan fingerprint density at radius 3 is 2.50 bits per heavy atom. The molecule has 2 aliphatic heterocycles. The first-order valence-corrected chi connectivity index (χ1v) is 13.9. The molecule has 2 heterocycles. The molecule has 0 aromatic heterocycles. The second kappa shape index (κ2) is 11.1. The molecule has 2 aromatic carbocycles. The Kier molecular flexibility index (Phi) is 8.19. The van der Waals surface area contributed by atoms with Crippen molar-refractivity contribution in [3.63, 3.8) is 0 Å². The molecular formula is C27H37N3O3S. The monoisotopic (exact) mass is 483 g/mol. The largest absolute Gasteiger partial charge is 0.308 e. The zero-order valence-corrected chi connectivity index (χ0v) is 21.2. The average Bonchev–Trinajstić information content (AvgIpc) is 3.37. The van der Waals surface area contributed by atoms with Crippen LogP contribution in [0.5, 0.6) is 0 Å². The molecule has 2 saturated heterocycles. The van der Waals surface area contributed by atoms with Gasteiger partial charge in [-0.25, -0.2) is 8.42 Å². The van der Waals surface area contributed by atoms with Crippen molar-refractivity contribution >= 4 is 15.8 Å². The van der Waals surface area contributed by atoms with E-state index in [0.29, 0.717) is 31.1 Å². The minimum Gasteiger partial charge on any atom is -0.308 e. The number of sulfonamides is 1. The number of hydrogen-bond acceptors (Lipinski definition) is 5. The van der Waals surface area contributed by atoms with Crippen molar-refractivity contribution in [3.05, 3.63) is 65.2 Å². The number of ketones is 1.